The van der Waals surface area contributed by atoms with Crippen molar-refractivity contribution in [1.82, 2.24) is 15.5 Å². The van der Waals surface area contributed by atoms with Crippen molar-refractivity contribution < 1.29 is 19.1 Å². The van der Waals surface area contributed by atoms with Crippen LogP contribution in [0.3, 0.4) is 0 Å². The fraction of sp³-hybridized carbons (Fsp3) is 0.438. The maximum absolute atomic E-state index is 11.9. The average Bonchev–Trinajstić information content (AvgIpc) is 2.60. The summed E-state index contributed by atoms with van der Waals surface area (Å²) < 4.78 is 4.67. The van der Waals surface area contributed by atoms with Crippen molar-refractivity contribution in [3.63, 3.8) is 0 Å². The van der Waals surface area contributed by atoms with Gasteiger partial charge in [0, 0.05) is 24.7 Å². The molecule has 1 aliphatic heterocycles. The van der Waals surface area contributed by atoms with Gasteiger partial charge in [0.2, 0.25) is 5.91 Å². The molecule has 0 aliphatic carbocycles. The fourth-order valence-electron chi connectivity index (χ4n) is 2.47. The van der Waals surface area contributed by atoms with Gasteiger partial charge in [0.15, 0.2) is 0 Å². The number of rotatable bonds is 4. The van der Waals surface area contributed by atoms with Crippen LogP contribution >= 0.6 is 0 Å². The van der Waals surface area contributed by atoms with Gasteiger partial charge in [-0.15, -0.1) is 0 Å². The first kappa shape index (κ1) is 16.8. The van der Waals surface area contributed by atoms with E-state index >= 15 is 0 Å². The van der Waals surface area contributed by atoms with Crippen LogP contribution in [0.4, 0.5) is 4.79 Å². The summed E-state index contributed by atoms with van der Waals surface area (Å²) in [5.41, 5.74) is 0.520. The van der Waals surface area contributed by atoms with Gasteiger partial charge < -0.3 is 20.3 Å². The quantitative estimate of drug-likeness (QED) is 0.858. The second kappa shape index (κ2) is 8.17. The summed E-state index contributed by atoms with van der Waals surface area (Å²) in [6, 6.07) is 8.75. The van der Waals surface area contributed by atoms with Gasteiger partial charge in [-0.05, 0) is 25.0 Å². The third kappa shape index (κ3) is 4.98. The Balaban J connectivity index is 1.70. The number of methoxy groups -OCH3 is 1. The van der Waals surface area contributed by atoms with Crippen molar-refractivity contribution in [2.24, 2.45) is 0 Å². The zero-order valence-electron chi connectivity index (χ0n) is 13.1. The van der Waals surface area contributed by atoms with E-state index in [4.69, 9.17) is 0 Å². The first-order valence-corrected chi connectivity index (χ1v) is 7.55. The number of carbonyl (C=O) groups is 3. The van der Waals surface area contributed by atoms with Crippen molar-refractivity contribution in [3.05, 3.63) is 35.9 Å². The summed E-state index contributed by atoms with van der Waals surface area (Å²) >= 11 is 0. The Bertz CT molecular complexity index is 554. The van der Waals surface area contributed by atoms with Gasteiger partial charge in [0.1, 0.15) is 0 Å². The van der Waals surface area contributed by atoms with Crippen molar-refractivity contribution >= 4 is 17.9 Å². The smallest absolute Gasteiger partial charge is 0.409 e. The van der Waals surface area contributed by atoms with E-state index in [2.05, 4.69) is 15.4 Å². The summed E-state index contributed by atoms with van der Waals surface area (Å²) in [7, 11) is 1.35. The Morgan fingerprint density at radius 3 is 2.43 bits per heavy atom. The zero-order chi connectivity index (χ0) is 16.7. The number of piperidine rings is 1. The van der Waals surface area contributed by atoms with Gasteiger partial charge in [-0.3, -0.25) is 9.59 Å². The molecule has 0 radical (unpaired) electrons. The summed E-state index contributed by atoms with van der Waals surface area (Å²) in [5.74, 6) is -0.507. The lowest BCUT2D eigenvalue weighted by atomic mass is 10.1. The van der Waals surface area contributed by atoms with Gasteiger partial charge in [0.25, 0.3) is 5.91 Å². The minimum atomic E-state index is -0.343. The molecule has 0 aromatic heterocycles. The predicted molar refractivity (Wildman–Crippen MR) is 83.9 cm³/mol. The van der Waals surface area contributed by atoms with Crippen LogP contribution in [-0.4, -0.2) is 55.6 Å². The Labute approximate surface area is 135 Å². The lowest BCUT2D eigenvalue weighted by Crippen LogP contribution is -2.48. The van der Waals surface area contributed by atoms with E-state index in [0.717, 1.165) is 0 Å². The van der Waals surface area contributed by atoms with Crippen molar-refractivity contribution in [2.45, 2.75) is 18.9 Å². The number of ether oxygens (including phenoxy) is 1. The molecule has 7 heteroatoms. The highest BCUT2D eigenvalue weighted by molar-refractivity contribution is 5.96. The van der Waals surface area contributed by atoms with Crippen LogP contribution in [0.25, 0.3) is 0 Å². The van der Waals surface area contributed by atoms with E-state index in [1.165, 1.54) is 7.11 Å². The molecular formula is C16H21N3O4. The molecule has 0 unspecified atom stereocenters. The van der Waals surface area contributed by atoms with Gasteiger partial charge >= 0.3 is 6.09 Å². The highest BCUT2D eigenvalue weighted by atomic mass is 16.5. The minimum absolute atomic E-state index is 0.0111. The van der Waals surface area contributed by atoms with E-state index in [-0.39, 0.29) is 30.5 Å². The van der Waals surface area contributed by atoms with Crippen LogP contribution in [-0.2, 0) is 9.53 Å². The van der Waals surface area contributed by atoms with Crippen LogP contribution in [0.2, 0.25) is 0 Å². The zero-order valence-corrected chi connectivity index (χ0v) is 13.1. The molecule has 23 heavy (non-hydrogen) atoms. The SMILES string of the molecule is COC(=O)N1CCC(NC(=O)CNC(=O)c2ccccc2)CC1. The van der Waals surface area contributed by atoms with Crippen LogP contribution in [0.5, 0.6) is 0 Å². The number of carbonyl (C=O) groups excluding carboxylic acids is 3. The van der Waals surface area contributed by atoms with Crippen molar-refractivity contribution in [1.29, 1.82) is 0 Å². The largest absolute Gasteiger partial charge is 0.453 e. The predicted octanol–water partition coefficient (Wildman–Crippen LogP) is 0.763. The summed E-state index contributed by atoms with van der Waals surface area (Å²) in [6.07, 6.45) is 1.01. The number of likely N-dealkylation sites (tertiary alicyclic amines) is 1. The molecule has 1 heterocycles. The molecule has 124 valence electrons. The minimum Gasteiger partial charge on any atom is -0.453 e. The Morgan fingerprint density at radius 2 is 1.83 bits per heavy atom. The Morgan fingerprint density at radius 1 is 1.17 bits per heavy atom. The monoisotopic (exact) mass is 319 g/mol. The molecule has 0 spiro atoms. The molecule has 1 fully saturated rings. The Kier molecular flexibility index (Phi) is 5.96. The van der Waals surface area contributed by atoms with Crippen LogP contribution < -0.4 is 10.6 Å². The lowest BCUT2D eigenvalue weighted by Gasteiger charge is -2.31. The number of amides is 3. The van der Waals surface area contributed by atoms with Crippen LogP contribution in [0.1, 0.15) is 23.2 Å². The van der Waals surface area contributed by atoms with Gasteiger partial charge in [0.05, 0.1) is 13.7 Å². The third-order valence-corrected chi connectivity index (χ3v) is 3.74. The van der Waals surface area contributed by atoms with Crippen LogP contribution in [0.15, 0.2) is 30.3 Å². The molecular weight excluding hydrogens is 298 g/mol. The number of nitrogens with zero attached hydrogens (tertiary/aromatic N) is 1. The van der Waals surface area contributed by atoms with Crippen molar-refractivity contribution in [2.75, 3.05) is 26.7 Å². The lowest BCUT2D eigenvalue weighted by molar-refractivity contribution is -0.121. The number of nitrogens with one attached hydrogen (secondary N) is 2. The normalized spacial score (nSPS) is 14.9. The van der Waals surface area contributed by atoms with E-state index in [9.17, 15) is 14.4 Å². The molecule has 1 aliphatic rings. The number of benzene rings is 1. The molecule has 0 saturated carbocycles. The summed E-state index contributed by atoms with van der Waals surface area (Å²) in [5, 5.41) is 5.46. The van der Waals surface area contributed by atoms with Crippen molar-refractivity contribution in [3.8, 4) is 0 Å². The molecule has 1 saturated heterocycles. The number of hydrogen-bond acceptors (Lipinski definition) is 4. The first-order chi connectivity index (χ1) is 11.1. The molecule has 3 amide bonds. The van der Waals surface area contributed by atoms with Gasteiger partial charge in [-0.2, -0.15) is 0 Å². The molecule has 7 nitrogen and oxygen atoms in total. The number of hydrogen-bond donors (Lipinski definition) is 2. The highest BCUT2D eigenvalue weighted by Crippen LogP contribution is 2.11. The summed E-state index contributed by atoms with van der Waals surface area (Å²) in [6.45, 7) is 1.03. The van der Waals surface area contributed by atoms with E-state index in [1.807, 2.05) is 6.07 Å². The molecule has 0 atom stereocenters. The van der Waals surface area contributed by atoms with E-state index in [0.29, 0.717) is 31.5 Å². The highest BCUT2D eigenvalue weighted by Gasteiger charge is 2.24. The molecule has 1 aromatic carbocycles. The van der Waals surface area contributed by atoms with E-state index in [1.54, 1.807) is 29.2 Å². The molecule has 2 N–H and O–H groups in total. The standard InChI is InChI=1S/C16H21N3O4/c1-23-16(22)19-9-7-13(8-10-19)18-14(20)11-17-15(21)12-5-3-2-4-6-12/h2-6,13H,7-11H2,1H3,(H,17,21)(H,18,20). The first-order valence-electron chi connectivity index (χ1n) is 7.55. The van der Waals surface area contributed by atoms with E-state index < -0.39 is 0 Å². The molecule has 1 aromatic rings. The molecule has 2 rings (SSSR count). The fourth-order valence-corrected chi connectivity index (χ4v) is 2.47. The van der Waals surface area contributed by atoms with Gasteiger partial charge in [-0.1, -0.05) is 18.2 Å². The second-order valence-electron chi connectivity index (χ2n) is 5.35. The Hall–Kier alpha value is -2.57. The summed E-state index contributed by atoms with van der Waals surface area (Å²) in [4.78, 5) is 36.7. The maximum Gasteiger partial charge on any atom is 0.409 e. The topological polar surface area (TPSA) is 87.7 Å². The molecule has 0 bridgehead atoms. The van der Waals surface area contributed by atoms with Crippen LogP contribution in [0, 0.1) is 0 Å². The third-order valence-electron chi connectivity index (χ3n) is 3.74. The second-order valence-corrected chi connectivity index (χ2v) is 5.35. The maximum atomic E-state index is 11.9. The van der Waals surface area contributed by atoms with Gasteiger partial charge in [-0.25, -0.2) is 4.79 Å². The average molecular weight is 319 g/mol.